The predicted octanol–water partition coefficient (Wildman–Crippen LogP) is 3.04. The fourth-order valence-corrected chi connectivity index (χ4v) is 1.85. The number of nitrogens with zero attached hydrogens (tertiary/aromatic N) is 2. The van der Waals surface area contributed by atoms with Crippen molar-refractivity contribution in [3.05, 3.63) is 54.0 Å². The van der Waals surface area contributed by atoms with Crippen LogP contribution < -0.4 is 4.90 Å². The lowest BCUT2D eigenvalue weighted by Gasteiger charge is -2.22. The molecule has 1 N–H and O–H groups in total. The molecule has 1 unspecified atom stereocenters. The summed E-state index contributed by atoms with van der Waals surface area (Å²) in [5.74, 6) is 0.236. The monoisotopic (exact) mass is 246 g/mol. The molecule has 0 saturated heterocycles. The molecule has 4 heteroatoms. The van der Waals surface area contributed by atoms with Crippen LogP contribution in [0, 0.1) is 5.82 Å². The molecule has 0 radical (unpaired) electrons. The Hall–Kier alpha value is -1.94. The average Bonchev–Trinajstić information content (AvgIpc) is 2.38. The molecule has 2 rings (SSSR count). The Bertz CT molecular complexity index is 543. The molecule has 0 aliphatic carbocycles. The Kier molecular flexibility index (Phi) is 3.58. The van der Waals surface area contributed by atoms with Gasteiger partial charge in [-0.15, -0.1) is 0 Å². The molecule has 1 aromatic heterocycles. The van der Waals surface area contributed by atoms with Crippen LogP contribution in [0.15, 0.2) is 42.6 Å². The van der Waals surface area contributed by atoms with Crippen LogP contribution in [-0.4, -0.2) is 17.1 Å². The Morgan fingerprint density at radius 3 is 2.61 bits per heavy atom. The normalized spacial score (nSPS) is 12.2. The summed E-state index contributed by atoms with van der Waals surface area (Å²) in [6.07, 6.45) is 0.973. The number of aromatic nitrogens is 1. The lowest BCUT2D eigenvalue weighted by molar-refractivity contribution is 0.199. The molecule has 1 aromatic carbocycles. The van der Waals surface area contributed by atoms with E-state index in [0.717, 1.165) is 0 Å². The van der Waals surface area contributed by atoms with Gasteiger partial charge in [0, 0.05) is 18.8 Å². The molecule has 0 bridgehead atoms. The second-order valence-electron chi connectivity index (χ2n) is 4.10. The predicted molar refractivity (Wildman–Crippen MR) is 69.3 cm³/mol. The Balaban J connectivity index is 2.46. The van der Waals surface area contributed by atoms with E-state index in [-0.39, 0.29) is 5.82 Å². The van der Waals surface area contributed by atoms with E-state index in [1.807, 2.05) is 0 Å². The smallest absolute Gasteiger partial charge is 0.146 e. The molecule has 0 amide bonds. The van der Waals surface area contributed by atoms with Crippen molar-refractivity contribution in [2.75, 3.05) is 11.9 Å². The van der Waals surface area contributed by atoms with Crippen molar-refractivity contribution in [3.8, 4) is 0 Å². The molecular formula is C14H15FN2O. The summed E-state index contributed by atoms with van der Waals surface area (Å²) in [4.78, 5) is 5.85. The van der Waals surface area contributed by atoms with Crippen LogP contribution in [0.5, 0.6) is 0 Å². The molecule has 1 heterocycles. The Morgan fingerprint density at radius 1 is 1.22 bits per heavy atom. The zero-order valence-electron chi connectivity index (χ0n) is 10.3. The van der Waals surface area contributed by atoms with Gasteiger partial charge in [-0.1, -0.05) is 18.2 Å². The van der Waals surface area contributed by atoms with Gasteiger partial charge in [-0.3, -0.25) is 0 Å². The number of halogens is 1. The summed E-state index contributed by atoms with van der Waals surface area (Å²) in [7, 11) is 1.73. The fourth-order valence-electron chi connectivity index (χ4n) is 1.85. The Labute approximate surface area is 106 Å². The van der Waals surface area contributed by atoms with Crippen molar-refractivity contribution in [3.63, 3.8) is 0 Å². The van der Waals surface area contributed by atoms with Crippen molar-refractivity contribution in [2.45, 2.75) is 13.0 Å². The fraction of sp³-hybridized carbons (Fsp3) is 0.214. The zero-order chi connectivity index (χ0) is 13.1. The highest BCUT2D eigenvalue weighted by molar-refractivity contribution is 5.62. The molecule has 94 valence electrons. The summed E-state index contributed by atoms with van der Waals surface area (Å²) in [5.41, 5.74) is 1.10. The molecule has 2 aromatic rings. The first kappa shape index (κ1) is 12.5. The molecule has 3 nitrogen and oxygen atoms in total. The van der Waals surface area contributed by atoms with Gasteiger partial charge in [0.15, 0.2) is 0 Å². The van der Waals surface area contributed by atoms with Crippen LogP contribution in [0.3, 0.4) is 0 Å². The lowest BCUT2D eigenvalue weighted by atomic mass is 10.1. The van der Waals surface area contributed by atoms with E-state index < -0.39 is 6.10 Å². The SMILES string of the molecule is CC(O)c1cccnc1N(C)c1ccccc1F. The molecule has 1 atom stereocenters. The summed E-state index contributed by atoms with van der Waals surface area (Å²) in [6.45, 7) is 1.66. The minimum atomic E-state index is -0.650. The number of pyridine rings is 1. The summed E-state index contributed by atoms with van der Waals surface area (Å²) in [5, 5.41) is 9.71. The van der Waals surface area contributed by atoms with Crippen molar-refractivity contribution >= 4 is 11.5 Å². The van der Waals surface area contributed by atoms with Crippen LogP contribution in [0.4, 0.5) is 15.9 Å². The molecule has 0 fully saturated rings. The van der Waals surface area contributed by atoms with Crippen LogP contribution in [0.25, 0.3) is 0 Å². The van der Waals surface area contributed by atoms with E-state index >= 15 is 0 Å². The molecule has 0 aliphatic rings. The minimum absolute atomic E-state index is 0.317. The first-order valence-electron chi connectivity index (χ1n) is 5.72. The van der Waals surface area contributed by atoms with Crippen molar-refractivity contribution in [1.82, 2.24) is 4.98 Å². The topological polar surface area (TPSA) is 36.4 Å². The first-order valence-corrected chi connectivity index (χ1v) is 5.72. The van der Waals surface area contributed by atoms with E-state index in [2.05, 4.69) is 4.98 Å². The highest BCUT2D eigenvalue weighted by atomic mass is 19.1. The van der Waals surface area contributed by atoms with E-state index in [1.165, 1.54) is 6.07 Å². The number of aliphatic hydroxyl groups excluding tert-OH is 1. The van der Waals surface area contributed by atoms with Crippen molar-refractivity contribution in [1.29, 1.82) is 0 Å². The highest BCUT2D eigenvalue weighted by Crippen LogP contribution is 2.29. The molecule has 0 spiro atoms. The van der Waals surface area contributed by atoms with E-state index in [9.17, 15) is 9.50 Å². The molecule has 18 heavy (non-hydrogen) atoms. The second kappa shape index (κ2) is 5.14. The van der Waals surface area contributed by atoms with Crippen LogP contribution in [-0.2, 0) is 0 Å². The van der Waals surface area contributed by atoms with Gasteiger partial charge in [0.05, 0.1) is 11.8 Å². The minimum Gasteiger partial charge on any atom is -0.389 e. The maximum absolute atomic E-state index is 13.7. The Morgan fingerprint density at radius 2 is 1.94 bits per heavy atom. The number of hydrogen-bond acceptors (Lipinski definition) is 3. The number of para-hydroxylation sites is 1. The third kappa shape index (κ3) is 2.33. The average molecular weight is 246 g/mol. The third-order valence-corrected chi connectivity index (χ3v) is 2.80. The van der Waals surface area contributed by atoms with Crippen molar-refractivity contribution < 1.29 is 9.50 Å². The van der Waals surface area contributed by atoms with Gasteiger partial charge >= 0.3 is 0 Å². The quantitative estimate of drug-likeness (QED) is 0.904. The highest BCUT2D eigenvalue weighted by Gasteiger charge is 2.15. The number of rotatable bonds is 3. The first-order chi connectivity index (χ1) is 8.61. The number of aliphatic hydroxyl groups is 1. The number of hydrogen-bond donors (Lipinski definition) is 1. The maximum atomic E-state index is 13.7. The summed E-state index contributed by atoms with van der Waals surface area (Å²) >= 11 is 0. The number of benzene rings is 1. The van der Waals surface area contributed by atoms with Gasteiger partial charge in [0.2, 0.25) is 0 Å². The summed E-state index contributed by atoms with van der Waals surface area (Å²) in [6, 6.07) is 10.0. The van der Waals surface area contributed by atoms with Crippen molar-refractivity contribution in [2.24, 2.45) is 0 Å². The van der Waals surface area contributed by atoms with Crippen LogP contribution in [0.2, 0.25) is 0 Å². The maximum Gasteiger partial charge on any atom is 0.146 e. The van der Waals surface area contributed by atoms with E-state index in [4.69, 9.17) is 0 Å². The zero-order valence-corrected chi connectivity index (χ0v) is 10.3. The van der Waals surface area contributed by atoms with E-state index in [0.29, 0.717) is 17.1 Å². The number of anilines is 2. The van der Waals surface area contributed by atoms with Gasteiger partial charge in [-0.2, -0.15) is 0 Å². The summed E-state index contributed by atoms with van der Waals surface area (Å²) < 4.78 is 13.7. The lowest BCUT2D eigenvalue weighted by Crippen LogP contribution is -2.15. The van der Waals surface area contributed by atoms with Gasteiger partial charge in [0.1, 0.15) is 11.6 Å². The molecular weight excluding hydrogens is 231 g/mol. The standard InChI is InChI=1S/C14H15FN2O/c1-10(18)11-6-5-9-16-14(11)17(2)13-8-4-3-7-12(13)15/h3-10,18H,1-2H3. The van der Waals surface area contributed by atoms with Gasteiger partial charge in [-0.05, 0) is 25.1 Å². The second-order valence-corrected chi connectivity index (χ2v) is 4.10. The van der Waals surface area contributed by atoms with E-state index in [1.54, 1.807) is 55.4 Å². The van der Waals surface area contributed by atoms with Gasteiger partial charge < -0.3 is 10.0 Å². The van der Waals surface area contributed by atoms with Gasteiger partial charge in [-0.25, -0.2) is 9.37 Å². The molecule has 0 aliphatic heterocycles. The molecule has 0 saturated carbocycles. The van der Waals surface area contributed by atoms with Crippen LogP contribution >= 0.6 is 0 Å². The third-order valence-electron chi connectivity index (χ3n) is 2.80. The largest absolute Gasteiger partial charge is 0.389 e. The van der Waals surface area contributed by atoms with Gasteiger partial charge in [0.25, 0.3) is 0 Å². The van der Waals surface area contributed by atoms with Crippen LogP contribution in [0.1, 0.15) is 18.6 Å².